The highest BCUT2D eigenvalue weighted by atomic mass is 35.5. The van der Waals surface area contributed by atoms with Crippen molar-refractivity contribution in [2.75, 3.05) is 19.6 Å². The molecular weight excluding hydrogens is 473 g/mol. The predicted octanol–water partition coefficient (Wildman–Crippen LogP) is 6.39. The lowest BCUT2D eigenvalue weighted by Gasteiger charge is -2.21. The second-order valence-electron chi connectivity index (χ2n) is 9.53. The van der Waals surface area contributed by atoms with E-state index in [1.807, 2.05) is 36.8 Å². The Bertz CT molecular complexity index is 1070. The zero-order valence-electron chi connectivity index (χ0n) is 20.4. The number of benzene rings is 1. The largest absolute Gasteiger partial charge is 0.416 e. The first-order valence-corrected chi connectivity index (χ1v) is 12.0. The Labute approximate surface area is 212 Å². The lowest BCUT2D eigenvalue weighted by molar-refractivity contribution is -0.137. The molecule has 0 bridgehead atoms. The first-order valence-electron chi connectivity index (χ1n) is 12.0. The maximum Gasteiger partial charge on any atom is 0.416 e. The average Bonchev–Trinajstić information content (AvgIpc) is 3.20. The third-order valence-electron chi connectivity index (χ3n) is 7.29. The van der Waals surface area contributed by atoms with E-state index in [1.165, 1.54) is 12.1 Å². The Morgan fingerprint density at radius 2 is 1.91 bits per heavy atom. The number of alkyl halides is 3. The number of likely N-dealkylation sites (tertiary alicyclic amines) is 1. The van der Waals surface area contributed by atoms with Gasteiger partial charge in [0.25, 0.3) is 0 Å². The van der Waals surface area contributed by atoms with Gasteiger partial charge in [-0.3, -0.25) is 0 Å². The molecule has 0 amide bonds. The van der Waals surface area contributed by atoms with Crippen molar-refractivity contribution in [2.24, 2.45) is 13.0 Å². The van der Waals surface area contributed by atoms with Crippen LogP contribution in [0.15, 0.2) is 55.1 Å². The van der Waals surface area contributed by atoms with Gasteiger partial charge >= 0.3 is 6.18 Å². The summed E-state index contributed by atoms with van der Waals surface area (Å²) in [7, 11) is 1.99. The molecular formula is C27H34ClF3N4. The van der Waals surface area contributed by atoms with E-state index >= 15 is 0 Å². The van der Waals surface area contributed by atoms with Crippen LogP contribution in [-0.4, -0.2) is 39.3 Å². The van der Waals surface area contributed by atoms with Gasteiger partial charge in [-0.05, 0) is 56.3 Å². The van der Waals surface area contributed by atoms with Crippen LogP contribution < -0.4 is 0 Å². The standard InChI is InChI=1S/C27H33F3N4.ClH/c1-4-6-10-20(5-2)25-32-31-24(33(25)3)11-8-7-9-16-34-18-23-17-26(23,19-34)21-12-14-22(15-13-21)27(28,29)30;/h4-6,10,12-15,23H,2,7-9,11,16-19H2,1,3H3;1H/b6-4-,20-10+;/t23?,26-;/m1./s1. The van der Waals surface area contributed by atoms with Crippen LogP contribution in [0, 0.1) is 5.92 Å². The Balaban J connectivity index is 0.00000342. The number of hydrogen-bond donors (Lipinski definition) is 0. The summed E-state index contributed by atoms with van der Waals surface area (Å²) in [5, 5.41) is 8.71. The van der Waals surface area contributed by atoms with Gasteiger partial charge in [-0.25, -0.2) is 0 Å². The molecule has 0 N–H and O–H groups in total. The number of aromatic nitrogens is 3. The van der Waals surface area contributed by atoms with E-state index in [0.29, 0.717) is 5.92 Å². The van der Waals surface area contributed by atoms with Crippen molar-refractivity contribution in [3.8, 4) is 0 Å². The minimum absolute atomic E-state index is 0. The molecule has 1 aromatic heterocycles. The quantitative estimate of drug-likeness (QED) is 0.276. The Hall–Kier alpha value is -2.38. The molecule has 1 aliphatic heterocycles. The molecule has 2 aromatic rings. The van der Waals surface area contributed by atoms with Gasteiger partial charge in [-0.15, -0.1) is 22.6 Å². The minimum Gasteiger partial charge on any atom is -0.314 e. The van der Waals surface area contributed by atoms with E-state index in [2.05, 4.69) is 21.7 Å². The summed E-state index contributed by atoms with van der Waals surface area (Å²) in [6, 6.07) is 5.84. The third kappa shape index (κ3) is 5.89. The minimum atomic E-state index is -4.27. The first kappa shape index (κ1) is 27.2. The van der Waals surface area contributed by atoms with Gasteiger partial charge in [-0.1, -0.05) is 49.4 Å². The number of unbranched alkanes of at least 4 members (excludes halogenated alkanes) is 2. The molecule has 190 valence electrons. The van der Waals surface area contributed by atoms with E-state index in [0.717, 1.165) is 74.5 Å². The van der Waals surface area contributed by atoms with Crippen molar-refractivity contribution in [3.05, 3.63) is 77.9 Å². The first-order chi connectivity index (χ1) is 16.3. The van der Waals surface area contributed by atoms with Crippen LogP contribution in [0.5, 0.6) is 0 Å². The summed E-state index contributed by atoms with van der Waals surface area (Å²) in [4.78, 5) is 2.48. The topological polar surface area (TPSA) is 34.0 Å². The lowest BCUT2D eigenvalue weighted by atomic mass is 9.94. The van der Waals surface area contributed by atoms with Crippen molar-refractivity contribution < 1.29 is 13.2 Å². The summed E-state index contributed by atoms with van der Waals surface area (Å²) < 4.78 is 40.6. The fraction of sp³-hybridized carbons (Fsp3) is 0.481. The van der Waals surface area contributed by atoms with Crippen molar-refractivity contribution in [1.82, 2.24) is 19.7 Å². The maximum absolute atomic E-state index is 12.9. The number of nitrogens with zero attached hydrogens (tertiary/aromatic N) is 4. The molecule has 35 heavy (non-hydrogen) atoms. The van der Waals surface area contributed by atoms with Crippen LogP contribution in [0.25, 0.3) is 5.57 Å². The molecule has 1 unspecified atom stereocenters. The number of fused-ring (bicyclic) bond motifs is 1. The van der Waals surface area contributed by atoms with E-state index < -0.39 is 11.7 Å². The summed E-state index contributed by atoms with van der Waals surface area (Å²) in [6.07, 6.45) is 8.70. The number of halogens is 4. The molecule has 0 radical (unpaired) electrons. The average molecular weight is 507 g/mol. The van der Waals surface area contributed by atoms with Crippen LogP contribution >= 0.6 is 12.4 Å². The van der Waals surface area contributed by atoms with Gasteiger partial charge in [-0.2, -0.15) is 13.2 Å². The van der Waals surface area contributed by atoms with Crippen LogP contribution in [0.4, 0.5) is 13.2 Å². The highest BCUT2D eigenvalue weighted by Crippen LogP contribution is 2.59. The summed E-state index contributed by atoms with van der Waals surface area (Å²) in [5.74, 6) is 2.39. The monoisotopic (exact) mass is 506 g/mol. The van der Waals surface area contributed by atoms with E-state index in [1.54, 1.807) is 18.2 Å². The smallest absolute Gasteiger partial charge is 0.314 e. The van der Waals surface area contributed by atoms with Crippen molar-refractivity contribution in [1.29, 1.82) is 0 Å². The number of allylic oxidation sites excluding steroid dienone is 5. The van der Waals surface area contributed by atoms with Crippen molar-refractivity contribution in [3.63, 3.8) is 0 Å². The SMILES string of the molecule is C=C/C(=C\C=C/C)c1nnc(CCCCCN2CC3C[C@]3(c3ccc(C(F)(F)F)cc3)C2)n1C.Cl. The molecule has 8 heteroatoms. The second kappa shape index (κ2) is 11.1. The van der Waals surface area contributed by atoms with Crippen molar-refractivity contribution in [2.45, 2.75) is 50.6 Å². The van der Waals surface area contributed by atoms with Crippen LogP contribution in [0.1, 0.15) is 55.4 Å². The fourth-order valence-electron chi connectivity index (χ4n) is 5.25. The van der Waals surface area contributed by atoms with Gasteiger partial charge < -0.3 is 9.47 Å². The summed E-state index contributed by atoms with van der Waals surface area (Å²) >= 11 is 0. The van der Waals surface area contributed by atoms with Gasteiger partial charge in [0.2, 0.25) is 0 Å². The Morgan fingerprint density at radius 1 is 1.17 bits per heavy atom. The number of piperidine rings is 1. The number of hydrogen-bond acceptors (Lipinski definition) is 3. The molecule has 2 heterocycles. The molecule has 4 rings (SSSR count). The molecule has 1 saturated carbocycles. The van der Waals surface area contributed by atoms with Crippen molar-refractivity contribution >= 4 is 18.0 Å². The van der Waals surface area contributed by atoms with Gasteiger partial charge in [0.1, 0.15) is 5.82 Å². The van der Waals surface area contributed by atoms with Crippen LogP contribution in [-0.2, 0) is 25.1 Å². The molecule has 1 aromatic carbocycles. The van der Waals surface area contributed by atoms with Gasteiger partial charge in [0, 0.05) is 37.5 Å². The van der Waals surface area contributed by atoms with E-state index in [9.17, 15) is 13.2 Å². The van der Waals surface area contributed by atoms with Gasteiger partial charge in [0.15, 0.2) is 5.82 Å². The molecule has 4 nitrogen and oxygen atoms in total. The Morgan fingerprint density at radius 3 is 2.57 bits per heavy atom. The highest BCUT2D eigenvalue weighted by molar-refractivity contribution is 5.85. The molecule has 1 saturated heterocycles. The molecule has 2 fully saturated rings. The zero-order valence-corrected chi connectivity index (χ0v) is 21.2. The lowest BCUT2D eigenvalue weighted by Crippen LogP contribution is -2.27. The normalized spacial score (nSPS) is 22.3. The molecule has 2 atom stereocenters. The predicted molar refractivity (Wildman–Crippen MR) is 136 cm³/mol. The fourth-order valence-corrected chi connectivity index (χ4v) is 5.25. The Kier molecular flexibility index (Phi) is 8.65. The summed E-state index contributed by atoms with van der Waals surface area (Å²) in [6.45, 7) is 8.90. The maximum atomic E-state index is 12.9. The van der Waals surface area contributed by atoms with E-state index in [-0.39, 0.29) is 17.8 Å². The van der Waals surface area contributed by atoms with Crippen LogP contribution in [0.3, 0.4) is 0 Å². The third-order valence-corrected chi connectivity index (χ3v) is 7.29. The number of aryl methyl sites for hydroxylation is 1. The second-order valence-corrected chi connectivity index (χ2v) is 9.53. The zero-order chi connectivity index (χ0) is 24.3. The van der Waals surface area contributed by atoms with Gasteiger partial charge in [0.05, 0.1) is 5.56 Å². The molecule has 1 aliphatic carbocycles. The molecule has 0 spiro atoms. The molecule has 2 aliphatic rings. The number of rotatable bonds is 10. The van der Waals surface area contributed by atoms with E-state index in [4.69, 9.17) is 0 Å². The summed E-state index contributed by atoms with van der Waals surface area (Å²) in [5.41, 5.74) is 1.52. The highest BCUT2D eigenvalue weighted by Gasteiger charge is 2.60. The van der Waals surface area contributed by atoms with Crippen LogP contribution in [0.2, 0.25) is 0 Å².